The first-order chi connectivity index (χ1) is 9.93. The molecular weight excluding hydrogens is 329 g/mol. The molecule has 2 N–H and O–H groups in total. The number of alkyl halides is 3. The third-order valence-electron chi connectivity index (χ3n) is 2.23. The van der Waals surface area contributed by atoms with Gasteiger partial charge in [-0.05, 0) is 24.3 Å². The Morgan fingerprint density at radius 2 is 1.68 bits per heavy atom. The Hall–Kier alpha value is -2.27. The minimum Gasteiger partial charge on any atom is -0.503 e. The van der Waals surface area contributed by atoms with Crippen LogP contribution in [0, 0.1) is 0 Å². The van der Waals surface area contributed by atoms with Crippen molar-refractivity contribution in [3.05, 3.63) is 35.7 Å². The largest absolute Gasteiger partial charge is 0.503 e. The van der Waals surface area contributed by atoms with Crippen molar-refractivity contribution in [3.63, 3.8) is 0 Å². The maximum Gasteiger partial charge on any atom is 0.451 e. The molecule has 0 bridgehead atoms. The Morgan fingerprint density at radius 1 is 1.18 bits per heavy atom. The van der Waals surface area contributed by atoms with Gasteiger partial charge in [-0.3, -0.25) is 9.35 Å². The van der Waals surface area contributed by atoms with E-state index >= 15 is 0 Å². The molecule has 0 unspecified atom stereocenters. The minimum atomic E-state index is -5.16. The molecule has 1 aromatic rings. The maximum atomic E-state index is 12.3. The molecular formula is C11H9F3N2O5S. The summed E-state index contributed by atoms with van der Waals surface area (Å²) in [5.41, 5.74) is -1.38. The van der Waals surface area contributed by atoms with Gasteiger partial charge in [-0.1, -0.05) is 0 Å². The van der Waals surface area contributed by atoms with Crippen LogP contribution in [0.4, 0.5) is 18.9 Å². The summed E-state index contributed by atoms with van der Waals surface area (Å²) in [6.07, 6.45) is -5.16. The molecule has 1 aromatic carbocycles. The Labute approximate surface area is 122 Å². The summed E-state index contributed by atoms with van der Waals surface area (Å²) in [5.74, 6) is -3.34. The number of halogens is 3. The highest BCUT2D eigenvalue weighted by molar-refractivity contribution is 7.85. The monoisotopic (exact) mass is 338 g/mol. The van der Waals surface area contributed by atoms with Crippen molar-refractivity contribution >= 4 is 21.6 Å². The third-order valence-corrected chi connectivity index (χ3v) is 3.09. The molecule has 0 radical (unpaired) electrons. The Kier molecular flexibility index (Phi) is 5.04. The summed E-state index contributed by atoms with van der Waals surface area (Å²) in [4.78, 5) is 10.6. The summed E-state index contributed by atoms with van der Waals surface area (Å²) < 4.78 is 67.3. The highest BCUT2D eigenvalue weighted by atomic mass is 32.2. The number of nitrogens with zero attached hydrogens (tertiary/aromatic N) is 2. The Morgan fingerprint density at radius 3 is 2.05 bits per heavy atom. The molecule has 120 valence electrons. The number of allylic oxidation sites excluding steroid dienone is 2. The molecule has 0 aliphatic rings. The van der Waals surface area contributed by atoms with Crippen LogP contribution < -0.4 is 0 Å². The second-order valence-electron chi connectivity index (χ2n) is 3.92. The van der Waals surface area contributed by atoms with Gasteiger partial charge < -0.3 is 5.11 Å². The first kappa shape index (κ1) is 17.8. The molecule has 0 heterocycles. The van der Waals surface area contributed by atoms with E-state index in [1.165, 1.54) is 0 Å². The minimum absolute atomic E-state index is 0.0962. The van der Waals surface area contributed by atoms with Gasteiger partial charge in [0.15, 0.2) is 11.5 Å². The van der Waals surface area contributed by atoms with Crippen LogP contribution in [0.5, 0.6) is 0 Å². The molecule has 0 fully saturated rings. The molecule has 0 amide bonds. The van der Waals surface area contributed by atoms with Crippen molar-refractivity contribution in [2.75, 3.05) is 0 Å². The van der Waals surface area contributed by atoms with Gasteiger partial charge in [0.2, 0.25) is 5.76 Å². The fourth-order valence-corrected chi connectivity index (χ4v) is 1.69. The van der Waals surface area contributed by atoms with E-state index in [1.54, 1.807) is 0 Å². The normalized spacial score (nSPS) is 14.0. The highest BCUT2D eigenvalue weighted by Crippen LogP contribution is 2.27. The number of carbonyl (C=O) groups is 1. The number of aliphatic hydroxyl groups is 1. The average molecular weight is 338 g/mol. The van der Waals surface area contributed by atoms with E-state index in [4.69, 9.17) is 9.66 Å². The first-order valence-corrected chi connectivity index (χ1v) is 6.87. The van der Waals surface area contributed by atoms with Gasteiger partial charge in [0.1, 0.15) is 0 Å². The number of carbonyl (C=O) groups excluding carboxylic acids is 1. The number of rotatable bonds is 4. The summed E-state index contributed by atoms with van der Waals surface area (Å²) in [7, 11) is -4.42. The zero-order chi connectivity index (χ0) is 17.1. The fourth-order valence-electron chi connectivity index (χ4n) is 1.21. The zero-order valence-corrected chi connectivity index (χ0v) is 11.7. The molecule has 0 saturated carbocycles. The van der Waals surface area contributed by atoms with E-state index in [-0.39, 0.29) is 5.69 Å². The van der Waals surface area contributed by atoms with E-state index in [0.717, 1.165) is 31.2 Å². The lowest BCUT2D eigenvalue weighted by molar-refractivity contribution is -0.126. The van der Waals surface area contributed by atoms with Crippen LogP contribution in [0.2, 0.25) is 0 Å². The van der Waals surface area contributed by atoms with Crippen molar-refractivity contribution in [2.45, 2.75) is 18.0 Å². The lowest BCUT2D eigenvalue weighted by Gasteiger charge is -2.06. The number of azo groups is 1. The number of benzene rings is 1. The first-order valence-electron chi connectivity index (χ1n) is 5.43. The molecule has 1 rings (SSSR count). The van der Waals surface area contributed by atoms with Crippen molar-refractivity contribution < 1.29 is 36.0 Å². The standard InChI is InChI=1S/C11H9F3N2O5S/c1-6(17)9(10(18)11(12,13)14)16-15-7-2-4-8(5-3-7)22(19,20)21/h2-5,18H,1H3,(H,19,20,21)/b10-9+,16-15?. The molecule has 7 nitrogen and oxygen atoms in total. The van der Waals surface area contributed by atoms with Crippen LogP contribution in [-0.2, 0) is 14.9 Å². The topological polar surface area (TPSA) is 116 Å². The maximum absolute atomic E-state index is 12.3. The van der Waals surface area contributed by atoms with Gasteiger partial charge in [-0.2, -0.15) is 26.7 Å². The molecule has 0 aromatic heterocycles. The van der Waals surface area contributed by atoms with E-state index in [9.17, 15) is 26.4 Å². The van der Waals surface area contributed by atoms with E-state index < -0.39 is 38.4 Å². The number of hydrogen-bond acceptors (Lipinski definition) is 6. The van der Waals surface area contributed by atoms with Gasteiger partial charge >= 0.3 is 6.18 Å². The Balaban J connectivity index is 3.16. The average Bonchev–Trinajstić information content (AvgIpc) is 2.36. The lowest BCUT2D eigenvalue weighted by atomic mass is 10.3. The van der Waals surface area contributed by atoms with Crippen LogP contribution in [0.25, 0.3) is 0 Å². The third kappa shape index (κ3) is 4.63. The van der Waals surface area contributed by atoms with Gasteiger partial charge in [0, 0.05) is 6.92 Å². The van der Waals surface area contributed by atoms with Crippen LogP contribution in [0.15, 0.2) is 50.8 Å². The smallest absolute Gasteiger partial charge is 0.451 e. The fraction of sp³-hybridized carbons (Fsp3) is 0.182. The molecule has 11 heteroatoms. The lowest BCUT2D eigenvalue weighted by Crippen LogP contribution is -2.16. The Bertz CT molecular complexity index is 736. The summed E-state index contributed by atoms with van der Waals surface area (Å²) >= 11 is 0. The SMILES string of the molecule is CC(=O)/C(N=Nc1ccc(S(=O)(=O)O)cc1)=C(\O)C(F)(F)F. The van der Waals surface area contributed by atoms with Crippen molar-refractivity contribution in [3.8, 4) is 0 Å². The van der Waals surface area contributed by atoms with Crippen LogP contribution in [0.3, 0.4) is 0 Å². The van der Waals surface area contributed by atoms with E-state index in [0.29, 0.717) is 0 Å². The van der Waals surface area contributed by atoms with E-state index in [2.05, 4.69) is 10.2 Å². The molecule has 0 aliphatic carbocycles. The predicted molar refractivity (Wildman–Crippen MR) is 67.2 cm³/mol. The van der Waals surface area contributed by atoms with Gasteiger partial charge in [0.05, 0.1) is 10.6 Å². The summed E-state index contributed by atoms with van der Waals surface area (Å²) in [6, 6.07) is 3.94. The van der Waals surface area contributed by atoms with Crippen LogP contribution in [0.1, 0.15) is 6.92 Å². The molecule has 0 spiro atoms. The van der Waals surface area contributed by atoms with Gasteiger partial charge in [0.25, 0.3) is 10.1 Å². The molecule has 22 heavy (non-hydrogen) atoms. The van der Waals surface area contributed by atoms with Gasteiger partial charge in [-0.15, -0.1) is 5.11 Å². The van der Waals surface area contributed by atoms with E-state index in [1.807, 2.05) is 0 Å². The predicted octanol–water partition coefficient (Wildman–Crippen LogP) is 2.94. The second-order valence-corrected chi connectivity index (χ2v) is 5.34. The summed E-state index contributed by atoms with van der Waals surface area (Å²) in [6.45, 7) is 0.762. The quantitative estimate of drug-likeness (QED) is 0.379. The number of aliphatic hydroxyl groups excluding tert-OH is 1. The number of Topliss-reactive ketones (excluding diaryl/α,β-unsaturated/α-hetero) is 1. The van der Waals surface area contributed by atoms with Gasteiger partial charge in [-0.25, -0.2) is 0 Å². The molecule has 0 atom stereocenters. The molecule has 0 aliphatic heterocycles. The summed E-state index contributed by atoms with van der Waals surface area (Å²) in [5, 5.41) is 15.2. The highest BCUT2D eigenvalue weighted by Gasteiger charge is 2.38. The van der Waals surface area contributed by atoms with Crippen molar-refractivity contribution in [1.82, 2.24) is 0 Å². The molecule has 0 saturated heterocycles. The van der Waals surface area contributed by atoms with Crippen molar-refractivity contribution in [2.24, 2.45) is 10.2 Å². The zero-order valence-electron chi connectivity index (χ0n) is 10.9. The van der Waals surface area contributed by atoms with Crippen LogP contribution in [-0.4, -0.2) is 30.0 Å². The van der Waals surface area contributed by atoms with Crippen LogP contribution >= 0.6 is 0 Å². The number of ketones is 1. The van der Waals surface area contributed by atoms with Crippen molar-refractivity contribution in [1.29, 1.82) is 0 Å². The number of hydrogen-bond donors (Lipinski definition) is 2. The second kappa shape index (κ2) is 6.23.